The topological polar surface area (TPSA) is 93.1 Å². The molecule has 0 aliphatic heterocycles. The first kappa shape index (κ1) is 23.4. The Morgan fingerprint density at radius 3 is 2.50 bits per heavy atom. The molecule has 1 heterocycles. The monoisotopic (exact) mass is 484 g/mol. The van der Waals surface area contributed by atoms with Crippen molar-refractivity contribution >= 4 is 32.7 Å². The number of fused-ring (bicyclic) bond motifs is 1. The van der Waals surface area contributed by atoms with Crippen LogP contribution < -0.4 is 10.0 Å². The number of carbonyl (C=O) groups is 1. The van der Waals surface area contributed by atoms with E-state index in [0.29, 0.717) is 23.4 Å². The zero-order chi connectivity index (χ0) is 24.5. The molecule has 3 aromatic carbocycles. The van der Waals surface area contributed by atoms with Crippen molar-refractivity contribution in [3.63, 3.8) is 0 Å². The molecule has 34 heavy (non-hydrogen) atoms. The Bertz CT molecular complexity index is 1490. The van der Waals surface area contributed by atoms with Gasteiger partial charge in [0.25, 0.3) is 15.9 Å². The maximum absolute atomic E-state index is 14.0. The van der Waals surface area contributed by atoms with Crippen molar-refractivity contribution in [1.82, 2.24) is 14.9 Å². The average molecular weight is 485 g/mol. The number of hydrogen-bond donors (Lipinski definition) is 2. The second kappa shape index (κ2) is 9.22. The van der Waals surface area contributed by atoms with Crippen LogP contribution in [-0.4, -0.2) is 23.9 Å². The molecular weight excluding hydrogens is 462 g/mol. The van der Waals surface area contributed by atoms with Gasteiger partial charge in [0.15, 0.2) is 11.6 Å². The quantitative estimate of drug-likeness (QED) is 0.407. The van der Waals surface area contributed by atoms with Crippen LogP contribution in [0.3, 0.4) is 0 Å². The van der Waals surface area contributed by atoms with Crippen LogP contribution in [0, 0.1) is 18.6 Å². The van der Waals surface area contributed by atoms with Crippen LogP contribution in [0.2, 0.25) is 0 Å². The summed E-state index contributed by atoms with van der Waals surface area (Å²) in [6.07, 6.45) is 0. The molecule has 7 nitrogen and oxygen atoms in total. The maximum atomic E-state index is 14.0. The lowest BCUT2D eigenvalue weighted by atomic mass is 10.1. The molecule has 1 amide bonds. The third-order valence-electron chi connectivity index (χ3n) is 5.37. The Morgan fingerprint density at radius 1 is 1.06 bits per heavy atom. The molecule has 4 rings (SSSR count). The van der Waals surface area contributed by atoms with Crippen LogP contribution >= 0.6 is 0 Å². The first-order valence-electron chi connectivity index (χ1n) is 10.5. The summed E-state index contributed by atoms with van der Waals surface area (Å²) in [5.41, 5.74) is 1.24. The van der Waals surface area contributed by atoms with Gasteiger partial charge >= 0.3 is 0 Å². The fourth-order valence-electron chi connectivity index (χ4n) is 3.77. The van der Waals surface area contributed by atoms with Crippen molar-refractivity contribution in [3.05, 3.63) is 89.2 Å². The fourth-order valence-corrected chi connectivity index (χ4v) is 4.83. The van der Waals surface area contributed by atoms with Gasteiger partial charge in [-0.25, -0.2) is 22.2 Å². The Morgan fingerprint density at radius 2 is 1.79 bits per heavy atom. The van der Waals surface area contributed by atoms with Crippen LogP contribution in [0.15, 0.2) is 65.6 Å². The van der Waals surface area contributed by atoms with E-state index >= 15 is 0 Å². The molecule has 10 heteroatoms. The van der Waals surface area contributed by atoms with E-state index in [1.807, 2.05) is 11.5 Å². The minimum absolute atomic E-state index is 0.00860. The smallest absolute Gasteiger partial charge is 0.261 e. The minimum Gasteiger partial charge on any atom is -0.348 e. The lowest BCUT2D eigenvalue weighted by Gasteiger charge is -2.13. The second-order valence-corrected chi connectivity index (χ2v) is 9.29. The van der Waals surface area contributed by atoms with Crippen LogP contribution in [0.1, 0.15) is 28.7 Å². The van der Waals surface area contributed by atoms with Gasteiger partial charge in [-0.1, -0.05) is 30.3 Å². The van der Waals surface area contributed by atoms with E-state index in [-0.39, 0.29) is 28.3 Å². The molecule has 0 aliphatic rings. The van der Waals surface area contributed by atoms with Gasteiger partial charge in [-0.05, 0) is 44.2 Å². The summed E-state index contributed by atoms with van der Waals surface area (Å²) in [6, 6.07) is 14.5. The second-order valence-electron chi connectivity index (χ2n) is 7.61. The standard InChI is InChI=1S/C24H22F2N4O3S/c1-3-30-15(2)28-21-13-17(29-34(32,33)18-9-5-4-6-10-18)12-19(23(21)30)24(31)27-14-16-8-7-11-20(25)22(16)26/h4-13,29H,3,14H2,1-2H3,(H,27,31). The van der Waals surface area contributed by atoms with E-state index in [9.17, 15) is 22.0 Å². The van der Waals surface area contributed by atoms with Gasteiger partial charge in [-0.15, -0.1) is 0 Å². The van der Waals surface area contributed by atoms with E-state index < -0.39 is 27.6 Å². The lowest BCUT2D eigenvalue weighted by molar-refractivity contribution is 0.0951. The fraction of sp³-hybridized carbons (Fsp3) is 0.167. The highest BCUT2D eigenvalue weighted by Crippen LogP contribution is 2.27. The normalized spacial score (nSPS) is 11.5. The highest BCUT2D eigenvalue weighted by atomic mass is 32.2. The van der Waals surface area contributed by atoms with Crippen LogP contribution in [0.4, 0.5) is 14.5 Å². The lowest BCUT2D eigenvalue weighted by Crippen LogP contribution is -2.24. The van der Waals surface area contributed by atoms with Crippen LogP contribution in [0.25, 0.3) is 11.0 Å². The summed E-state index contributed by atoms with van der Waals surface area (Å²) in [6.45, 7) is 3.95. The molecule has 0 spiro atoms. The number of nitrogens with one attached hydrogen (secondary N) is 2. The Balaban J connectivity index is 1.73. The number of rotatable bonds is 7. The van der Waals surface area contributed by atoms with Gasteiger partial charge in [0, 0.05) is 18.7 Å². The van der Waals surface area contributed by atoms with E-state index in [1.165, 1.54) is 30.3 Å². The van der Waals surface area contributed by atoms with Crippen molar-refractivity contribution in [2.75, 3.05) is 4.72 Å². The molecule has 0 aliphatic carbocycles. The first-order chi connectivity index (χ1) is 16.2. The molecule has 1 aromatic heterocycles. The summed E-state index contributed by atoms with van der Waals surface area (Å²) in [7, 11) is -3.91. The van der Waals surface area contributed by atoms with E-state index in [1.54, 1.807) is 31.2 Å². The number of amides is 1. The van der Waals surface area contributed by atoms with Gasteiger partial charge in [0.2, 0.25) is 0 Å². The number of anilines is 1. The number of aromatic nitrogens is 2. The van der Waals surface area contributed by atoms with Gasteiger partial charge in [-0.2, -0.15) is 0 Å². The number of benzene rings is 3. The largest absolute Gasteiger partial charge is 0.348 e. The number of carbonyl (C=O) groups excluding carboxylic acids is 1. The Kier molecular flexibility index (Phi) is 6.34. The van der Waals surface area contributed by atoms with Crippen LogP contribution in [-0.2, 0) is 23.1 Å². The Labute approximate surface area is 195 Å². The molecule has 176 valence electrons. The van der Waals surface area contributed by atoms with Crippen molar-refractivity contribution in [3.8, 4) is 0 Å². The summed E-state index contributed by atoms with van der Waals surface area (Å²) < 4.78 is 57.5. The highest BCUT2D eigenvalue weighted by Gasteiger charge is 2.21. The van der Waals surface area contributed by atoms with Gasteiger partial charge < -0.3 is 9.88 Å². The van der Waals surface area contributed by atoms with Crippen LogP contribution in [0.5, 0.6) is 0 Å². The minimum atomic E-state index is -3.91. The van der Waals surface area contributed by atoms with Gasteiger partial charge in [0.05, 0.1) is 27.2 Å². The molecule has 0 radical (unpaired) electrons. The maximum Gasteiger partial charge on any atom is 0.261 e. The van der Waals surface area contributed by atoms with Gasteiger partial charge in [0.1, 0.15) is 5.82 Å². The summed E-state index contributed by atoms with van der Waals surface area (Å²) >= 11 is 0. The van der Waals surface area contributed by atoms with E-state index in [2.05, 4.69) is 15.0 Å². The zero-order valence-electron chi connectivity index (χ0n) is 18.5. The number of halogens is 2. The molecule has 0 saturated heterocycles. The Hall–Kier alpha value is -3.79. The number of hydrogen-bond acceptors (Lipinski definition) is 4. The van der Waals surface area contributed by atoms with Crippen molar-refractivity contribution < 1.29 is 22.0 Å². The average Bonchev–Trinajstić information content (AvgIpc) is 3.14. The summed E-state index contributed by atoms with van der Waals surface area (Å²) in [4.78, 5) is 17.7. The molecule has 2 N–H and O–H groups in total. The number of imidazole rings is 1. The zero-order valence-corrected chi connectivity index (χ0v) is 19.3. The molecule has 0 fully saturated rings. The van der Waals surface area contributed by atoms with Gasteiger partial charge in [-0.3, -0.25) is 9.52 Å². The molecule has 4 aromatic rings. The first-order valence-corrected chi connectivity index (χ1v) is 12.0. The highest BCUT2D eigenvalue weighted by molar-refractivity contribution is 7.92. The predicted octanol–water partition coefficient (Wildman–Crippen LogP) is 4.37. The number of nitrogens with zero attached hydrogens (tertiary/aromatic N) is 2. The molecule has 0 unspecified atom stereocenters. The number of aryl methyl sites for hydroxylation is 2. The molecule has 0 atom stereocenters. The number of sulfonamides is 1. The SMILES string of the molecule is CCn1c(C)nc2cc(NS(=O)(=O)c3ccccc3)cc(C(=O)NCc3cccc(F)c3F)c21. The van der Waals surface area contributed by atoms with Crippen molar-refractivity contribution in [1.29, 1.82) is 0 Å². The molecular formula is C24H22F2N4O3S. The molecule has 0 bridgehead atoms. The molecule has 0 saturated carbocycles. The van der Waals surface area contributed by atoms with Crippen molar-refractivity contribution in [2.45, 2.75) is 31.8 Å². The van der Waals surface area contributed by atoms with E-state index in [0.717, 1.165) is 6.07 Å². The van der Waals surface area contributed by atoms with Crippen molar-refractivity contribution in [2.24, 2.45) is 0 Å². The third-order valence-corrected chi connectivity index (χ3v) is 6.77. The predicted molar refractivity (Wildman–Crippen MR) is 125 cm³/mol. The summed E-state index contributed by atoms with van der Waals surface area (Å²) in [5.74, 6) is -1.98. The summed E-state index contributed by atoms with van der Waals surface area (Å²) in [5, 5.41) is 2.59. The van der Waals surface area contributed by atoms with E-state index in [4.69, 9.17) is 0 Å². The third kappa shape index (κ3) is 4.49.